The molecular formula is C20H30N2. The summed E-state index contributed by atoms with van der Waals surface area (Å²) in [4.78, 5) is 4.96. The summed E-state index contributed by atoms with van der Waals surface area (Å²) in [6, 6.07) is 6.80. The van der Waals surface area contributed by atoms with Crippen molar-refractivity contribution in [1.29, 1.82) is 0 Å². The molecule has 0 radical (unpaired) electrons. The maximum atomic E-state index is 4.96. The average Bonchev–Trinajstić information content (AvgIpc) is 2.42. The Morgan fingerprint density at radius 2 is 1.82 bits per heavy atom. The number of unbranched alkanes of at least 4 members (excludes halogenated alkanes) is 1. The summed E-state index contributed by atoms with van der Waals surface area (Å²) in [6.45, 7) is 15.3. The van der Waals surface area contributed by atoms with Gasteiger partial charge in [0.1, 0.15) is 0 Å². The molecule has 2 aromatic rings. The van der Waals surface area contributed by atoms with E-state index in [1.807, 2.05) is 0 Å². The van der Waals surface area contributed by atoms with Crippen molar-refractivity contribution in [1.82, 2.24) is 10.3 Å². The Balaban J connectivity index is 2.50. The van der Waals surface area contributed by atoms with Crippen LogP contribution < -0.4 is 5.32 Å². The molecule has 1 N–H and O–H groups in total. The van der Waals surface area contributed by atoms with Gasteiger partial charge in [-0.1, -0.05) is 45.7 Å². The number of rotatable bonds is 5. The van der Waals surface area contributed by atoms with Crippen molar-refractivity contribution in [2.75, 3.05) is 6.54 Å². The largest absolute Gasteiger partial charge is 0.313 e. The fourth-order valence-corrected chi connectivity index (χ4v) is 2.80. The predicted molar refractivity (Wildman–Crippen MR) is 96.5 cm³/mol. The van der Waals surface area contributed by atoms with E-state index in [4.69, 9.17) is 4.98 Å². The topological polar surface area (TPSA) is 24.9 Å². The number of pyridine rings is 1. The van der Waals surface area contributed by atoms with Crippen LogP contribution in [0.3, 0.4) is 0 Å². The lowest BCUT2D eigenvalue weighted by Gasteiger charge is -2.21. The molecule has 2 nitrogen and oxygen atoms in total. The second-order valence-corrected chi connectivity index (χ2v) is 7.42. The van der Waals surface area contributed by atoms with Gasteiger partial charge in [0.05, 0.1) is 5.52 Å². The van der Waals surface area contributed by atoms with Gasteiger partial charge in [-0.25, -0.2) is 0 Å². The van der Waals surface area contributed by atoms with Gasteiger partial charge in [0.2, 0.25) is 0 Å². The van der Waals surface area contributed by atoms with Crippen molar-refractivity contribution in [3.05, 3.63) is 40.6 Å². The molecule has 1 aromatic carbocycles. The first-order valence-electron chi connectivity index (χ1n) is 8.45. The molecule has 0 aliphatic rings. The fraction of sp³-hybridized carbons (Fsp3) is 0.550. The molecule has 22 heavy (non-hydrogen) atoms. The molecule has 0 amide bonds. The summed E-state index contributed by atoms with van der Waals surface area (Å²) in [5.74, 6) is 0. The van der Waals surface area contributed by atoms with Gasteiger partial charge in [0, 0.05) is 23.0 Å². The van der Waals surface area contributed by atoms with E-state index < -0.39 is 0 Å². The second-order valence-electron chi connectivity index (χ2n) is 7.42. The molecule has 0 aliphatic carbocycles. The summed E-state index contributed by atoms with van der Waals surface area (Å²) in [6.07, 6.45) is 2.46. The van der Waals surface area contributed by atoms with Gasteiger partial charge in [-0.15, -0.1) is 0 Å². The zero-order chi connectivity index (χ0) is 16.3. The van der Waals surface area contributed by atoms with Crippen LogP contribution in [0.1, 0.15) is 62.9 Å². The van der Waals surface area contributed by atoms with Crippen LogP contribution in [-0.4, -0.2) is 11.5 Å². The zero-order valence-corrected chi connectivity index (χ0v) is 15.0. The van der Waals surface area contributed by atoms with E-state index in [0.717, 1.165) is 18.6 Å². The first-order valence-corrected chi connectivity index (χ1v) is 8.45. The van der Waals surface area contributed by atoms with Gasteiger partial charge >= 0.3 is 0 Å². The SMILES string of the molecule is CCCCNCc1cc(C(C)(C)C)nc2c(C)cc(C)cc12. The first-order chi connectivity index (χ1) is 10.3. The lowest BCUT2D eigenvalue weighted by Crippen LogP contribution is -2.18. The third kappa shape index (κ3) is 3.86. The summed E-state index contributed by atoms with van der Waals surface area (Å²) in [7, 11) is 0. The van der Waals surface area contributed by atoms with E-state index in [1.54, 1.807) is 0 Å². The number of hydrogen-bond donors (Lipinski definition) is 1. The number of nitrogens with one attached hydrogen (secondary N) is 1. The maximum Gasteiger partial charge on any atom is 0.0738 e. The van der Waals surface area contributed by atoms with E-state index in [1.165, 1.54) is 40.6 Å². The Morgan fingerprint density at radius 1 is 1.09 bits per heavy atom. The highest BCUT2D eigenvalue weighted by atomic mass is 14.8. The van der Waals surface area contributed by atoms with E-state index in [9.17, 15) is 0 Å². The van der Waals surface area contributed by atoms with Gasteiger partial charge in [-0.05, 0) is 50.1 Å². The molecule has 2 rings (SSSR count). The molecule has 1 aromatic heterocycles. The highest BCUT2D eigenvalue weighted by Crippen LogP contribution is 2.28. The molecule has 120 valence electrons. The fourth-order valence-electron chi connectivity index (χ4n) is 2.80. The van der Waals surface area contributed by atoms with E-state index in [0.29, 0.717) is 0 Å². The molecule has 0 atom stereocenters. The van der Waals surface area contributed by atoms with Gasteiger partial charge in [0.15, 0.2) is 0 Å². The van der Waals surface area contributed by atoms with Crippen LogP contribution in [0.4, 0.5) is 0 Å². The molecule has 0 saturated heterocycles. The third-order valence-electron chi connectivity index (χ3n) is 4.12. The molecule has 0 aliphatic heterocycles. The van der Waals surface area contributed by atoms with E-state index >= 15 is 0 Å². The molecule has 0 unspecified atom stereocenters. The van der Waals surface area contributed by atoms with Gasteiger partial charge in [-0.2, -0.15) is 0 Å². The zero-order valence-electron chi connectivity index (χ0n) is 15.0. The van der Waals surface area contributed by atoms with Crippen molar-refractivity contribution in [3.8, 4) is 0 Å². The first kappa shape index (κ1) is 17.0. The minimum atomic E-state index is 0.0731. The monoisotopic (exact) mass is 298 g/mol. The lowest BCUT2D eigenvalue weighted by molar-refractivity contribution is 0.568. The summed E-state index contributed by atoms with van der Waals surface area (Å²) >= 11 is 0. The number of benzene rings is 1. The Labute approximate surface area is 135 Å². The Bertz CT molecular complexity index is 651. The van der Waals surface area contributed by atoms with Gasteiger partial charge in [0.25, 0.3) is 0 Å². The molecule has 0 fully saturated rings. The van der Waals surface area contributed by atoms with Crippen molar-refractivity contribution < 1.29 is 0 Å². The van der Waals surface area contributed by atoms with Crippen LogP contribution in [0.15, 0.2) is 18.2 Å². The summed E-state index contributed by atoms with van der Waals surface area (Å²) in [5.41, 5.74) is 6.37. The quantitative estimate of drug-likeness (QED) is 0.782. The summed E-state index contributed by atoms with van der Waals surface area (Å²) < 4.78 is 0. The molecule has 0 saturated carbocycles. The number of aryl methyl sites for hydroxylation is 2. The highest BCUT2D eigenvalue weighted by Gasteiger charge is 2.18. The standard InChI is InChI=1S/C20H30N2/c1-7-8-9-21-13-16-12-18(20(4,5)6)22-19-15(3)10-14(2)11-17(16)19/h10-12,21H,7-9,13H2,1-6H3. The maximum absolute atomic E-state index is 4.96. The van der Waals surface area contributed by atoms with Crippen LogP contribution in [-0.2, 0) is 12.0 Å². The Kier molecular flexibility index (Phi) is 5.23. The number of aromatic nitrogens is 1. The normalized spacial score (nSPS) is 12.1. The molecule has 0 bridgehead atoms. The number of fused-ring (bicyclic) bond motifs is 1. The van der Waals surface area contributed by atoms with E-state index in [2.05, 4.69) is 65.1 Å². The number of nitrogens with zero attached hydrogens (tertiary/aromatic N) is 1. The van der Waals surface area contributed by atoms with Crippen molar-refractivity contribution >= 4 is 10.9 Å². The van der Waals surface area contributed by atoms with Crippen LogP contribution >= 0.6 is 0 Å². The van der Waals surface area contributed by atoms with Crippen LogP contribution in [0.5, 0.6) is 0 Å². The third-order valence-corrected chi connectivity index (χ3v) is 4.12. The number of hydrogen-bond acceptors (Lipinski definition) is 2. The average molecular weight is 298 g/mol. The van der Waals surface area contributed by atoms with Crippen molar-refractivity contribution in [2.24, 2.45) is 0 Å². The smallest absolute Gasteiger partial charge is 0.0738 e. The second kappa shape index (κ2) is 6.78. The summed E-state index contributed by atoms with van der Waals surface area (Å²) in [5, 5.41) is 4.89. The molecular weight excluding hydrogens is 268 g/mol. The van der Waals surface area contributed by atoms with Crippen molar-refractivity contribution in [3.63, 3.8) is 0 Å². The van der Waals surface area contributed by atoms with Crippen LogP contribution in [0.2, 0.25) is 0 Å². The van der Waals surface area contributed by atoms with Gasteiger partial charge in [-0.3, -0.25) is 4.98 Å². The Morgan fingerprint density at radius 3 is 2.45 bits per heavy atom. The minimum absolute atomic E-state index is 0.0731. The lowest BCUT2D eigenvalue weighted by atomic mass is 9.89. The highest BCUT2D eigenvalue weighted by molar-refractivity contribution is 5.86. The molecule has 0 spiro atoms. The minimum Gasteiger partial charge on any atom is -0.313 e. The van der Waals surface area contributed by atoms with Gasteiger partial charge < -0.3 is 5.32 Å². The van der Waals surface area contributed by atoms with E-state index in [-0.39, 0.29) is 5.41 Å². The van der Waals surface area contributed by atoms with Crippen LogP contribution in [0, 0.1) is 13.8 Å². The van der Waals surface area contributed by atoms with Crippen LogP contribution in [0.25, 0.3) is 10.9 Å². The predicted octanol–water partition coefficient (Wildman–Crippen LogP) is 5.04. The van der Waals surface area contributed by atoms with Crippen molar-refractivity contribution in [2.45, 2.75) is 66.3 Å². The Hall–Kier alpha value is -1.41. The molecule has 1 heterocycles. The molecule has 2 heteroatoms.